The van der Waals surface area contributed by atoms with Crippen LogP contribution in [-0.2, 0) is 0 Å². The summed E-state index contributed by atoms with van der Waals surface area (Å²) < 4.78 is 0. The summed E-state index contributed by atoms with van der Waals surface area (Å²) in [5.74, 6) is 0. The number of rotatable bonds is 1. The van der Waals surface area contributed by atoms with Crippen LogP contribution in [0.5, 0.6) is 0 Å². The lowest BCUT2D eigenvalue weighted by molar-refractivity contribution is 1.34. The smallest absolute Gasteiger partial charge is 0.0399 e. The fourth-order valence-corrected chi connectivity index (χ4v) is 0.246. The zero-order valence-electron chi connectivity index (χ0n) is 7.28. The van der Waals surface area contributed by atoms with Gasteiger partial charge in [-0.2, -0.15) is 0 Å². The van der Waals surface area contributed by atoms with E-state index in [0.717, 1.165) is 5.57 Å². The van der Waals surface area contributed by atoms with E-state index in [2.05, 4.69) is 19.6 Å². The summed E-state index contributed by atoms with van der Waals surface area (Å²) in [5.41, 5.74) is 2.43. The predicted molar refractivity (Wildman–Crippen MR) is 45.6 cm³/mol. The molecule has 0 unspecified atom stereocenters. The third-order valence-corrected chi connectivity index (χ3v) is 1.11. The Hall–Kier alpha value is -0.520. The van der Waals surface area contributed by atoms with Gasteiger partial charge in [-0.3, -0.25) is 0 Å². The van der Waals surface area contributed by atoms with Crippen molar-refractivity contribution in [3.05, 3.63) is 23.8 Å². The molecule has 0 saturated carbocycles. The molecule has 0 atom stereocenters. The predicted octanol–water partition coefficient (Wildman–Crippen LogP) is 3.55. The van der Waals surface area contributed by atoms with Crippen LogP contribution in [0, 0.1) is 0 Å². The third kappa shape index (κ3) is 7.48. The molecule has 0 aliphatic rings. The van der Waals surface area contributed by atoms with Crippen molar-refractivity contribution < 1.29 is 0 Å². The molecule has 0 N–H and O–H groups in total. The van der Waals surface area contributed by atoms with E-state index in [9.17, 15) is 0 Å². The first-order valence-corrected chi connectivity index (χ1v) is 3.47. The van der Waals surface area contributed by atoms with Gasteiger partial charge in [-0.25, -0.2) is 0 Å². The molecule has 0 radical (unpaired) electrons. The highest BCUT2D eigenvalue weighted by Crippen LogP contribution is 2.02. The molecule has 0 spiro atoms. The van der Waals surface area contributed by atoms with Crippen molar-refractivity contribution in [3.8, 4) is 0 Å². The molecule has 0 fully saturated rings. The standard InChI is InChI=1S/C7H12.C2H6/c1-5-7(4)6(2)3;1-2/h5H,2H2,1,3-4H3;1-2H3/b7-5+;. The highest BCUT2D eigenvalue weighted by Gasteiger charge is 1.81. The molecule has 0 bridgehead atoms. The van der Waals surface area contributed by atoms with Gasteiger partial charge in [0.1, 0.15) is 0 Å². The second kappa shape index (κ2) is 7.48. The van der Waals surface area contributed by atoms with Crippen molar-refractivity contribution in [2.24, 2.45) is 0 Å². The molecule has 54 valence electrons. The van der Waals surface area contributed by atoms with E-state index in [4.69, 9.17) is 0 Å². The van der Waals surface area contributed by atoms with Crippen LogP contribution < -0.4 is 0 Å². The molecule has 0 aromatic carbocycles. The van der Waals surface area contributed by atoms with Gasteiger partial charge in [-0.15, -0.1) is 0 Å². The van der Waals surface area contributed by atoms with E-state index in [0.29, 0.717) is 0 Å². The Morgan fingerprint density at radius 1 is 1.22 bits per heavy atom. The van der Waals surface area contributed by atoms with Crippen molar-refractivity contribution in [2.75, 3.05) is 0 Å². The quantitative estimate of drug-likeness (QED) is 0.471. The van der Waals surface area contributed by atoms with Crippen LogP contribution in [0.2, 0.25) is 0 Å². The van der Waals surface area contributed by atoms with Gasteiger partial charge >= 0.3 is 0 Å². The largest absolute Gasteiger partial charge is 0.0959 e. The Morgan fingerprint density at radius 3 is 1.56 bits per heavy atom. The average molecular weight is 126 g/mol. The summed E-state index contributed by atoms with van der Waals surface area (Å²) in [7, 11) is 0. The van der Waals surface area contributed by atoms with E-state index in [1.54, 1.807) is 0 Å². The Bertz CT molecular complexity index is 96.6. The minimum absolute atomic E-state index is 1.16. The molecule has 0 saturated heterocycles. The second-order valence-corrected chi connectivity index (χ2v) is 1.75. The number of allylic oxidation sites excluding steroid dienone is 3. The van der Waals surface area contributed by atoms with Gasteiger partial charge in [0.15, 0.2) is 0 Å². The third-order valence-electron chi connectivity index (χ3n) is 1.11. The lowest BCUT2D eigenvalue weighted by Gasteiger charge is -1.92. The van der Waals surface area contributed by atoms with Crippen molar-refractivity contribution in [1.29, 1.82) is 0 Å². The molecule has 0 heterocycles. The van der Waals surface area contributed by atoms with Crippen LogP contribution in [0.25, 0.3) is 0 Å². The summed E-state index contributed by atoms with van der Waals surface area (Å²) in [5, 5.41) is 0. The number of hydrogen-bond donors (Lipinski definition) is 0. The summed E-state index contributed by atoms with van der Waals surface area (Å²) in [6.45, 7) is 13.8. The van der Waals surface area contributed by atoms with Gasteiger partial charge in [0.05, 0.1) is 0 Å². The Balaban J connectivity index is 0. The first kappa shape index (κ1) is 11.3. The van der Waals surface area contributed by atoms with Gasteiger partial charge in [0.2, 0.25) is 0 Å². The van der Waals surface area contributed by atoms with Crippen molar-refractivity contribution in [2.45, 2.75) is 34.6 Å². The topological polar surface area (TPSA) is 0 Å². The van der Waals surface area contributed by atoms with Crippen LogP contribution in [0.1, 0.15) is 34.6 Å². The Kier molecular flexibility index (Phi) is 9.39. The fourth-order valence-electron chi connectivity index (χ4n) is 0.246. The van der Waals surface area contributed by atoms with Gasteiger partial charge in [-0.1, -0.05) is 37.6 Å². The zero-order chi connectivity index (χ0) is 7.86. The highest BCUT2D eigenvalue weighted by molar-refractivity contribution is 5.22. The normalized spacial score (nSPS) is 9.67. The fraction of sp³-hybridized carbons (Fsp3) is 0.556. The summed E-state index contributed by atoms with van der Waals surface area (Å²) >= 11 is 0. The lowest BCUT2D eigenvalue weighted by atomic mass is 10.2. The summed E-state index contributed by atoms with van der Waals surface area (Å²) in [6.07, 6.45) is 2.06. The minimum Gasteiger partial charge on any atom is -0.0959 e. The monoisotopic (exact) mass is 126 g/mol. The summed E-state index contributed by atoms with van der Waals surface area (Å²) in [4.78, 5) is 0. The second-order valence-electron chi connectivity index (χ2n) is 1.75. The first-order chi connectivity index (χ1) is 4.18. The van der Waals surface area contributed by atoms with Gasteiger partial charge in [0, 0.05) is 0 Å². The molecule has 9 heavy (non-hydrogen) atoms. The number of hydrogen-bond acceptors (Lipinski definition) is 0. The zero-order valence-corrected chi connectivity index (χ0v) is 7.28. The molecule has 0 nitrogen and oxygen atoms in total. The minimum atomic E-state index is 1.16. The van der Waals surface area contributed by atoms with Gasteiger partial charge < -0.3 is 0 Å². The van der Waals surface area contributed by atoms with Crippen LogP contribution in [-0.4, -0.2) is 0 Å². The highest BCUT2D eigenvalue weighted by atomic mass is 13.9. The molecule has 0 heteroatoms. The van der Waals surface area contributed by atoms with Crippen LogP contribution >= 0.6 is 0 Å². The van der Waals surface area contributed by atoms with Gasteiger partial charge in [0.25, 0.3) is 0 Å². The molecule has 0 aliphatic carbocycles. The van der Waals surface area contributed by atoms with E-state index in [-0.39, 0.29) is 0 Å². The first-order valence-electron chi connectivity index (χ1n) is 3.47. The average Bonchev–Trinajstić information content (AvgIpc) is 1.91. The van der Waals surface area contributed by atoms with Crippen molar-refractivity contribution in [1.82, 2.24) is 0 Å². The lowest BCUT2D eigenvalue weighted by Crippen LogP contribution is -1.71. The van der Waals surface area contributed by atoms with E-state index >= 15 is 0 Å². The maximum Gasteiger partial charge on any atom is -0.0399 e. The molecule has 0 rings (SSSR count). The SMILES string of the molecule is C=C(C)/C(C)=C/C.CC. The van der Waals surface area contributed by atoms with E-state index < -0.39 is 0 Å². The molecular weight excluding hydrogens is 108 g/mol. The van der Waals surface area contributed by atoms with Gasteiger partial charge in [-0.05, 0) is 20.8 Å². The maximum atomic E-state index is 3.76. The molecule has 0 aromatic rings. The Labute approximate surface area is 59.3 Å². The van der Waals surface area contributed by atoms with Crippen LogP contribution in [0.3, 0.4) is 0 Å². The van der Waals surface area contributed by atoms with Crippen molar-refractivity contribution in [3.63, 3.8) is 0 Å². The van der Waals surface area contributed by atoms with Crippen molar-refractivity contribution >= 4 is 0 Å². The van der Waals surface area contributed by atoms with Crippen LogP contribution in [0.4, 0.5) is 0 Å². The Morgan fingerprint density at radius 2 is 1.56 bits per heavy atom. The maximum absolute atomic E-state index is 3.76. The van der Waals surface area contributed by atoms with E-state index in [1.165, 1.54) is 5.57 Å². The molecule has 0 aliphatic heterocycles. The molecule has 0 amide bonds. The molecule has 0 aromatic heterocycles. The molecular formula is C9H18. The summed E-state index contributed by atoms with van der Waals surface area (Å²) in [6, 6.07) is 0. The van der Waals surface area contributed by atoms with Crippen LogP contribution in [0.15, 0.2) is 23.8 Å². The van der Waals surface area contributed by atoms with E-state index in [1.807, 2.05) is 27.7 Å².